The number of rotatable bonds is 9. The summed E-state index contributed by atoms with van der Waals surface area (Å²) in [7, 11) is -3.70. The van der Waals surface area contributed by atoms with Crippen molar-refractivity contribution in [3.8, 4) is 5.75 Å². The van der Waals surface area contributed by atoms with E-state index in [-0.39, 0.29) is 10.8 Å². The van der Waals surface area contributed by atoms with Gasteiger partial charge in [-0.15, -0.1) is 0 Å². The van der Waals surface area contributed by atoms with Crippen LogP contribution in [0.25, 0.3) is 0 Å². The molecule has 3 aromatic carbocycles. The molecule has 6 nitrogen and oxygen atoms in total. The fourth-order valence-electron chi connectivity index (χ4n) is 2.83. The molecule has 0 aliphatic heterocycles. The highest BCUT2D eigenvalue weighted by atomic mass is 32.2. The lowest BCUT2D eigenvalue weighted by Crippen LogP contribution is -2.14. The van der Waals surface area contributed by atoms with Crippen LogP contribution in [0.1, 0.15) is 24.0 Å². The Morgan fingerprint density at radius 1 is 0.806 bits per heavy atom. The minimum Gasteiger partial charge on any atom is -0.494 e. The smallest absolute Gasteiger partial charge is 0.261 e. The Bertz CT molecular complexity index is 1110. The Morgan fingerprint density at radius 2 is 1.35 bits per heavy atom. The quantitative estimate of drug-likeness (QED) is 0.465. The molecule has 0 aliphatic rings. The van der Waals surface area contributed by atoms with Crippen molar-refractivity contribution in [1.29, 1.82) is 0 Å². The molecule has 0 atom stereocenters. The van der Waals surface area contributed by atoms with Crippen molar-refractivity contribution in [2.45, 2.75) is 31.6 Å². The molecular formula is C24H26N2O4S. The lowest BCUT2D eigenvalue weighted by molar-refractivity contribution is -0.116. The second kappa shape index (κ2) is 10.1. The highest BCUT2D eigenvalue weighted by molar-refractivity contribution is 7.92. The van der Waals surface area contributed by atoms with Gasteiger partial charge in [-0.2, -0.15) is 0 Å². The van der Waals surface area contributed by atoms with E-state index >= 15 is 0 Å². The van der Waals surface area contributed by atoms with Gasteiger partial charge in [0.05, 0.1) is 11.5 Å². The maximum atomic E-state index is 12.5. The van der Waals surface area contributed by atoms with Crippen molar-refractivity contribution in [1.82, 2.24) is 0 Å². The summed E-state index contributed by atoms with van der Waals surface area (Å²) in [6, 6.07) is 20.9. The van der Waals surface area contributed by atoms with Crippen LogP contribution in [0, 0.1) is 13.8 Å². The third kappa shape index (κ3) is 6.86. The summed E-state index contributed by atoms with van der Waals surface area (Å²) in [6.45, 7) is 4.39. The molecule has 0 radical (unpaired) electrons. The monoisotopic (exact) mass is 438 g/mol. The van der Waals surface area contributed by atoms with E-state index in [2.05, 4.69) is 10.0 Å². The number of benzene rings is 3. The van der Waals surface area contributed by atoms with E-state index in [4.69, 9.17) is 4.74 Å². The van der Waals surface area contributed by atoms with Gasteiger partial charge in [0.1, 0.15) is 5.75 Å². The molecule has 0 unspecified atom stereocenters. The molecular weight excluding hydrogens is 412 g/mol. The molecule has 0 spiro atoms. The third-order valence-corrected chi connectivity index (χ3v) is 5.99. The van der Waals surface area contributed by atoms with Crippen LogP contribution in [-0.4, -0.2) is 20.9 Å². The average Bonchev–Trinajstić information content (AvgIpc) is 2.74. The molecule has 0 saturated heterocycles. The van der Waals surface area contributed by atoms with Crippen LogP contribution in [-0.2, 0) is 14.8 Å². The molecule has 1 amide bonds. The maximum Gasteiger partial charge on any atom is 0.261 e. The number of anilines is 2. The number of carbonyl (C=O) groups is 1. The molecule has 2 N–H and O–H groups in total. The SMILES string of the molecule is Cc1ccc(NS(=O)(=O)c2ccc(NC(=O)CCCOc3ccc(C)cc3)cc2)cc1. The Kier molecular flexibility index (Phi) is 7.31. The summed E-state index contributed by atoms with van der Waals surface area (Å²) in [6.07, 6.45) is 0.882. The van der Waals surface area contributed by atoms with Crippen molar-refractivity contribution < 1.29 is 17.9 Å². The molecule has 0 heterocycles. The first-order valence-electron chi connectivity index (χ1n) is 10.0. The number of amides is 1. The Balaban J connectivity index is 1.47. The van der Waals surface area contributed by atoms with Crippen LogP contribution >= 0.6 is 0 Å². The second-order valence-corrected chi connectivity index (χ2v) is 8.99. The van der Waals surface area contributed by atoms with Crippen molar-refractivity contribution >= 4 is 27.3 Å². The highest BCUT2D eigenvalue weighted by Gasteiger charge is 2.14. The average molecular weight is 439 g/mol. The summed E-state index contributed by atoms with van der Waals surface area (Å²) in [5, 5.41) is 2.77. The number of nitrogens with one attached hydrogen (secondary N) is 2. The van der Waals surface area contributed by atoms with Gasteiger partial charge in [-0.05, 0) is 68.8 Å². The zero-order valence-electron chi connectivity index (χ0n) is 17.6. The minimum atomic E-state index is -3.70. The molecule has 31 heavy (non-hydrogen) atoms. The zero-order valence-corrected chi connectivity index (χ0v) is 18.4. The third-order valence-electron chi connectivity index (χ3n) is 4.59. The standard InChI is InChI=1S/C24H26N2O4S/c1-18-5-9-21(10-6-18)26-31(28,29)23-15-11-20(12-16-23)25-24(27)4-3-17-30-22-13-7-19(2)8-14-22/h5-16,26H,3-4,17H2,1-2H3,(H,25,27). The van der Waals surface area contributed by atoms with E-state index in [1.807, 2.05) is 50.2 Å². The van der Waals surface area contributed by atoms with Gasteiger partial charge in [-0.3, -0.25) is 9.52 Å². The van der Waals surface area contributed by atoms with Crippen LogP contribution in [0.4, 0.5) is 11.4 Å². The molecule has 0 aliphatic carbocycles. The molecule has 3 aromatic rings. The van der Waals surface area contributed by atoms with Gasteiger partial charge in [0, 0.05) is 17.8 Å². The fraction of sp³-hybridized carbons (Fsp3) is 0.208. The largest absolute Gasteiger partial charge is 0.494 e. The number of hydrogen-bond donors (Lipinski definition) is 2. The number of ether oxygens (including phenoxy) is 1. The summed E-state index contributed by atoms with van der Waals surface area (Å²) < 4.78 is 33.2. The van der Waals surface area contributed by atoms with E-state index in [0.717, 1.165) is 16.9 Å². The first-order valence-corrected chi connectivity index (χ1v) is 11.5. The second-order valence-electron chi connectivity index (χ2n) is 7.31. The lowest BCUT2D eigenvalue weighted by atomic mass is 10.2. The van der Waals surface area contributed by atoms with Gasteiger partial charge >= 0.3 is 0 Å². The fourth-order valence-corrected chi connectivity index (χ4v) is 3.89. The van der Waals surface area contributed by atoms with E-state index in [1.54, 1.807) is 24.3 Å². The van der Waals surface area contributed by atoms with Gasteiger partial charge in [0.2, 0.25) is 5.91 Å². The maximum absolute atomic E-state index is 12.5. The summed E-state index contributed by atoms with van der Waals surface area (Å²) in [5.41, 5.74) is 3.25. The Morgan fingerprint density at radius 3 is 1.97 bits per heavy atom. The van der Waals surface area contributed by atoms with Gasteiger partial charge in [-0.25, -0.2) is 8.42 Å². The van der Waals surface area contributed by atoms with Crippen molar-refractivity contribution in [2.24, 2.45) is 0 Å². The van der Waals surface area contributed by atoms with Crippen LogP contribution in [0.15, 0.2) is 77.7 Å². The first-order chi connectivity index (χ1) is 14.8. The molecule has 0 bridgehead atoms. The molecule has 162 valence electrons. The van der Waals surface area contributed by atoms with Gasteiger partial charge < -0.3 is 10.1 Å². The summed E-state index contributed by atoms with van der Waals surface area (Å²) >= 11 is 0. The minimum absolute atomic E-state index is 0.123. The number of carbonyl (C=O) groups excluding carboxylic acids is 1. The van der Waals surface area contributed by atoms with Crippen molar-refractivity contribution in [2.75, 3.05) is 16.6 Å². The molecule has 7 heteroatoms. The van der Waals surface area contributed by atoms with Gasteiger partial charge in [-0.1, -0.05) is 35.4 Å². The van der Waals surface area contributed by atoms with Crippen LogP contribution in [0.3, 0.4) is 0 Å². The Labute approximate surface area is 183 Å². The molecule has 0 fully saturated rings. The van der Waals surface area contributed by atoms with E-state index in [9.17, 15) is 13.2 Å². The Hall–Kier alpha value is -3.32. The summed E-state index contributed by atoms with van der Waals surface area (Å²) in [5.74, 6) is 0.628. The lowest BCUT2D eigenvalue weighted by Gasteiger charge is -2.10. The van der Waals surface area contributed by atoms with Gasteiger partial charge in [0.15, 0.2) is 0 Å². The molecule has 0 saturated carbocycles. The number of hydrogen-bond acceptors (Lipinski definition) is 4. The highest BCUT2D eigenvalue weighted by Crippen LogP contribution is 2.19. The molecule has 3 rings (SSSR count). The molecule has 0 aromatic heterocycles. The van der Waals surface area contributed by atoms with Crippen molar-refractivity contribution in [3.63, 3.8) is 0 Å². The number of sulfonamides is 1. The van der Waals surface area contributed by atoms with E-state index in [0.29, 0.717) is 30.8 Å². The van der Waals surface area contributed by atoms with Gasteiger partial charge in [0.25, 0.3) is 10.0 Å². The van der Waals surface area contributed by atoms with E-state index in [1.165, 1.54) is 12.1 Å². The topological polar surface area (TPSA) is 84.5 Å². The first kappa shape index (κ1) is 22.4. The predicted molar refractivity (Wildman–Crippen MR) is 123 cm³/mol. The normalized spacial score (nSPS) is 11.0. The van der Waals surface area contributed by atoms with Crippen molar-refractivity contribution in [3.05, 3.63) is 83.9 Å². The van der Waals surface area contributed by atoms with Crippen LogP contribution < -0.4 is 14.8 Å². The van der Waals surface area contributed by atoms with Crippen LogP contribution in [0.5, 0.6) is 5.75 Å². The number of aryl methyl sites for hydroxylation is 2. The summed E-state index contributed by atoms with van der Waals surface area (Å²) in [4.78, 5) is 12.2. The zero-order chi connectivity index (χ0) is 22.3. The van der Waals surface area contributed by atoms with E-state index < -0.39 is 10.0 Å². The predicted octanol–water partition coefficient (Wildman–Crippen LogP) is 4.90. The van der Waals surface area contributed by atoms with Crippen LogP contribution in [0.2, 0.25) is 0 Å².